The Morgan fingerprint density at radius 3 is 2.32 bits per heavy atom. The summed E-state index contributed by atoms with van der Waals surface area (Å²) >= 11 is 1.81. The average Bonchev–Trinajstić information content (AvgIpc) is 3.11. The maximum Gasteiger partial charge on any atom is 0.256 e. The summed E-state index contributed by atoms with van der Waals surface area (Å²) in [6.07, 6.45) is 1.41. The van der Waals surface area contributed by atoms with Crippen LogP contribution < -0.4 is 0 Å². The van der Waals surface area contributed by atoms with Gasteiger partial charge in [-0.05, 0) is 44.0 Å². The maximum atomic E-state index is 14.0. The van der Waals surface area contributed by atoms with Gasteiger partial charge in [-0.25, -0.2) is 4.39 Å². The van der Waals surface area contributed by atoms with Gasteiger partial charge in [-0.1, -0.05) is 29.8 Å². The van der Waals surface area contributed by atoms with Crippen molar-refractivity contribution in [3.63, 3.8) is 0 Å². The zero-order chi connectivity index (χ0) is 19.7. The first-order valence-corrected chi connectivity index (χ1v) is 10.6. The lowest BCUT2D eigenvalue weighted by atomic mass is 10.00. The Morgan fingerprint density at radius 2 is 1.64 bits per heavy atom. The standard InChI is InChI=1S/C22H23FN2O2S/c1-16-6-8-17(9-7-16)20(26)25-14-15-28-22(25)10-12-24(13-11-22)21(27)18-4-2-3-5-19(18)23/h2-9H,10-15H2,1H3. The molecule has 28 heavy (non-hydrogen) atoms. The van der Waals surface area contributed by atoms with E-state index in [1.54, 1.807) is 28.8 Å². The van der Waals surface area contributed by atoms with Gasteiger partial charge in [0, 0.05) is 31.0 Å². The predicted molar refractivity (Wildman–Crippen MR) is 109 cm³/mol. The summed E-state index contributed by atoms with van der Waals surface area (Å²) in [6.45, 7) is 3.78. The molecule has 146 valence electrons. The fourth-order valence-corrected chi connectivity index (χ4v) is 5.48. The molecule has 2 aromatic carbocycles. The predicted octanol–water partition coefficient (Wildman–Crippen LogP) is 3.96. The lowest BCUT2D eigenvalue weighted by Gasteiger charge is -2.44. The summed E-state index contributed by atoms with van der Waals surface area (Å²) in [5.41, 5.74) is 1.95. The van der Waals surface area contributed by atoms with Gasteiger partial charge >= 0.3 is 0 Å². The molecule has 2 amide bonds. The van der Waals surface area contributed by atoms with Crippen LogP contribution in [0.3, 0.4) is 0 Å². The third-order valence-electron chi connectivity index (χ3n) is 5.66. The van der Waals surface area contributed by atoms with E-state index < -0.39 is 5.82 Å². The fraction of sp³-hybridized carbons (Fsp3) is 0.364. The van der Waals surface area contributed by atoms with Crippen LogP contribution in [0.1, 0.15) is 39.1 Å². The van der Waals surface area contributed by atoms with Gasteiger partial charge in [0.1, 0.15) is 5.82 Å². The van der Waals surface area contributed by atoms with E-state index in [4.69, 9.17) is 0 Å². The van der Waals surface area contributed by atoms with Gasteiger partial charge in [-0.2, -0.15) is 0 Å². The zero-order valence-corrected chi connectivity index (χ0v) is 16.7. The first kappa shape index (κ1) is 19.0. The number of aryl methyl sites for hydroxylation is 1. The smallest absolute Gasteiger partial charge is 0.256 e. The summed E-state index contributed by atoms with van der Waals surface area (Å²) in [5, 5.41) is 0. The second kappa shape index (κ2) is 7.59. The van der Waals surface area contributed by atoms with E-state index in [0.29, 0.717) is 31.5 Å². The summed E-state index contributed by atoms with van der Waals surface area (Å²) in [7, 11) is 0. The Hall–Kier alpha value is -2.34. The largest absolute Gasteiger partial charge is 0.338 e. The van der Waals surface area contributed by atoms with Crippen molar-refractivity contribution in [2.24, 2.45) is 0 Å². The lowest BCUT2D eigenvalue weighted by Crippen LogP contribution is -2.53. The molecule has 0 saturated carbocycles. The quantitative estimate of drug-likeness (QED) is 0.769. The second-order valence-corrected chi connectivity index (χ2v) is 8.85. The van der Waals surface area contributed by atoms with Crippen LogP contribution in [-0.2, 0) is 0 Å². The van der Waals surface area contributed by atoms with Gasteiger partial charge in [-0.15, -0.1) is 11.8 Å². The van der Waals surface area contributed by atoms with Crippen molar-refractivity contribution in [1.82, 2.24) is 9.80 Å². The van der Waals surface area contributed by atoms with Crippen molar-refractivity contribution in [3.05, 3.63) is 71.0 Å². The van der Waals surface area contributed by atoms with Crippen molar-refractivity contribution >= 4 is 23.6 Å². The second-order valence-electron chi connectivity index (χ2n) is 7.39. The SMILES string of the molecule is Cc1ccc(C(=O)N2CCSC23CCN(C(=O)c2ccccc2F)CC3)cc1. The molecule has 2 aliphatic rings. The number of piperidine rings is 1. The van der Waals surface area contributed by atoms with Crippen molar-refractivity contribution < 1.29 is 14.0 Å². The molecule has 0 aliphatic carbocycles. The number of halogens is 1. The molecule has 4 rings (SSSR count). The molecule has 2 aliphatic heterocycles. The van der Waals surface area contributed by atoms with Crippen LogP contribution in [0.2, 0.25) is 0 Å². The van der Waals surface area contributed by atoms with E-state index in [2.05, 4.69) is 0 Å². The van der Waals surface area contributed by atoms with Crippen LogP contribution in [0.15, 0.2) is 48.5 Å². The molecule has 2 heterocycles. The first-order chi connectivity index (χ1) is 13.5. The number of carbonyl (C=O) groups excluding carboxylic acids is 2. The van der Waals surface area contributed by atoms with Crippen LogP contribution in [0.4, 0.5) is 4.39 Å². The molecule has 0 radical (unpaired) electrons. The number of thioether (sulfide) groups is 1. The Bertz CT molecular complexity index is 892. The maximum absolute atomic E-state index is 14.0. The normalized spacial score (nSPS) is 18.5. The average molecular weight is 399 g/mol. The fourth-order valence-electron chi connectivity index (χ4n) is 4.03. The number of amides is 2. The lowest BCUT2D eigenvalue weighted by molar-refractivity contribution is 0.0496. The molecule has 0 N–H and O–H groups in total. The molecule has 0 unspecified atom stereocenters. The minimum absolute atomic E-state index is 0.0545. The van der Waals surface area contributed by atoms with E-state index in [1.807, 2.05) is 36.1 Å². The molecule has 0 atom stereocenters. The molecule has 0 aromatic heterocycles. The van der Waals surface area contributed by atoms with Gasteiger partial charge in [0.25, 0.3) is 11.8 Å². The van der Waals surface area contributed by atoms with Gasteiger partial charge in [0.05, 0.1) is 10.4 Å². The molecule has 2 saturated heterocycles. The monoisotopic (exact) mass is 398 g/mol. The first-order valence-electron chi connectivity index (χ1n) is 9.57. The van der Waals surface area contributed by atoms with Crippen LogP contribution in [0.5, 0.6) is 0 Å². The third-order valence-corrected chi connectivity index (χ3v) is 7.21. The number of benzene rings is 2. The van der Waals surface area contributed by atoms with E-state index in [9.17, 15) is 14.0 Å². The minimum Gasteiger partial charge on any atom is -0.338 e. The Kier molecular flexibility index (Phi) is 5.15. The Morgan fingerprint density at radius 1 is 0.964 bits per heavy atom. The number of nitrogens with zero attached hydrogens (tertiary/aromatic N) is 2. The highest BCUT2D eigenvalue weighted by Crippen LogP contribution is 2.44. The summed E-state index contributed by atoms with van der Waals surface area (Å²) < 4.78 is 14.0. The van der Waals surface area contributed by atoms with Crippen molar-refractivity contribution in [3.8, 4) is 0 Å². The van der Waals surface area contributed by atoms with E-state index in [-0.39, 0.29) is 22.2 Å². The molecular weight excluding hydrogens is 375 g/mol. The van der Waals surface area contributed by atoms with Gasteiger partial charge in [-0.3, -0.25) is 9.59 Å². The number of hydrogen-bond donors (Lipinski definition) is 0. The highest BCUT2D eigenvalue weighted by molar-refractivity contribution is 8.00. The van der Waals surface area contributed by atoms with Gasteiger partial charge in [0.2, 0.25) is 0 Å². The van der Waals surface area contributed by atoms with E-state index in [1.165, 1.54) is 12.1 Å². The molecule has 4 nitrogen and oxygen atoms in total. The van der Waals surface area contributed by atoms with E-state index in [0.717, 1.165) is 17.9 Å². The number of likely N-dealkylation sites (tertiary alicyclic amines) is 1. The topological polar surface area (TPSA) is 40.6 Å². The summed E-state index contributed by atoms with van der Waals surface area (Å²) in [6, 6.07) is 13.8. The van der Waals surface area contributed by atoms with E-state index >= 15 is 0 Å². The number of carbonyl (C=O) groups is 2. The van der Waals surface area contributed by atoms with Crippen molar-refractivity contribution in [1.29, 1.82) is 0 Å². The third kappa shape index (κ3) is 3.41. The van der Waals surface area contributed by atoms with Crippen molar-refractivity contribution in [2.45, 2.75) is 24.6 Å². The number of hydrogen-bond acceptors (Lipinski definition) is 3. The van der Waals surface area contributed by atoms with Crippen LogP contribution in [-0.4, -0.2) is 51.9 Å². The molecule has 6 heteroatoms. The highest BCUT2D eigenvalue weighted by Gasteiger charge is 2.47. The minimum atomic E-state index is -0.487. The van der Waals surface area contributed by atoms with Gasteiger partial charge < -0.3 is 9.80 Å². The van der Waals surface area contributed by atoms with Crippen molar-refractivity contribution in [2.75, 3.05) is 25.4 Å². The Balaban J connectivity index is 1.48. The summed E-state index contributed by atoms with van der Waals surface area (Å²) in [4.78, 5) is 29.2. The van der Waals surface area contributed by atoms with Crippen LogP contribution >= 0.6 is 11.8 Å². The number of rotatable bonds is 2. The van der Waals surface area contributed by atoms with Crippen LogP contribution in [0, 0.1) is 12.7 Å². The molecule has 0 bridgehead atoms. The Labute approximate surface area is 168 Å². The zero-order valence-electron chi connectivity index (χ0n) is 15.9. The summed E-state index contributed by atoms with van der Waals surface area (Å²) in [5.74, 6) is 0.198. The molecular formula is C22H23FN2O2S. The highest BCUT2D eigenvalue weighted by atomic mass is 32.2. The molecule has 1 spiro atoms. The van der Waals surface area contributed by atoms with Gasteiger partial charge in [0.15, 0.2) is 0 Å². The molecule has 2 fully saturated rings. The van der Waals surface area contributed by atoms with Crippen LogP contribution in [0.25, 0.3) is 0 Å². The molecule has 2 aromatic rings.